The molecule has 3 rings (SSSR count). The fraction of sp³-hybridized carbons (Fsp3) is 0.875. The molecule has 2 heterocycles. The fourth-order valence-electron chi connectivity index (χ4n) is 3.72. The van der Waals surface area contributed by atoms with Gasteiger partial charge in [-0.1, -0.05) is 6.92 Å². The van der Waals surface area contributed by atoms with Crippen molar-refractivity contribution in [2.75, 3.05) is 45.8 Å². The summed E-state index contributed by atoms with van der Waals surface area (Å²) in [6.45, 7) is 10.0. The maximum atomic E-state index is 11.9. The van der Waals surface area contributed by atoms with Crippen molar-refractivity contribution in [2.45, 2.75) is 38.8 Å². The van der Waals surface area contributed by atoms with E-state index in [1.54, 1.807) is 6.92 Å². The average Bonchev–Trinajstić information content (AvgIpc) is 3.21. The van der Waals surface area contributed by atoms with Gasteiger partial charge in [-0.15, -0.1) is 0 Å². The van der Waals surface area contributed by atoms with Crippen molar-refractivity contribution in [3.63, 3.8) is 0 Å². The summed E-state index contributed by atoms with van der Waals surface area (Å²) in [6, 6.07) is 0.964. The Bertz CT molecular complexity index is 430. The molecular formula is C16H28N4O2. The first-order valence-corrected chi connectivity index (χ1v) is 8.54. The van der Waals surface area contributed by atoms with Crippen LogP contribution in [0.4, 0.5) is 0 Å². The molecule has 2 amide bonds. The van der Waals surface area contributed by atoms with E-state index in [4.69, 9.17) is 0 Å². The fourth-order valence-corrected chi connectivity index (χ4v) is 3.72. The van der Waals surface area contributed by atoms with Gasteiger partial charge in [0.15, 0.2) is 0 Å². The van der Waals surface area contributed by atoms with Crippen LogP contribution in [0.15, 0.2) is 0 Å². The standard InChI is InChI=1S/C16H28N4O2/c1-12-9-18(11-16(22)17-14-3-4-14)10-15(12)20-7-5-19(6-8-20)13(2)21/h12,14-15H,3-11H2,1-2H3,(H,17,22)/t12-,15+/m1/s1. The molecule has 6 heteroatoms. The Kier molecular flexibility index (Phi) is 4.68. The van der Waals surface area contributed by atoms with Crippen molar-refractivity contribution in [1.82, 2.24) is 20.0 Å². The van der Waals surface area contributed by atoms with Crippen LogP contribution in [0.1, 0.15) is 26.7 Å². The minimum atomic E-state index is 0.178. The third-order valence-electron chi connectivity index (χ3n) is 5.19. The number of piperazine rings is 1. The van der Waals surface area contributed by atoms with E-state index in [9.17, 15) is 9.59 Å². The Hall–Kier alpha value is -1.14. The highest BCUT2D eigenvalue weighted by Crippen LogP contribution is 2.23. The molecule has 2 aliphatic heterocycles. The Balaban J connectivity index is 1.46. The third-order valence-corrected chi connectivity index (χ3v) is 5.19. The summed E-state index contributed by atoms with van der Waals surface area (Å²) in [5.74, 6) is 0.937. The second-order valence-corrected chi connectivity index (χ2v) is 7.12. The van der Waals surface area contributed by atoms with Gasteiger partial charge < -0.3 is 10.2 Å². The molecule has 124 valence electrons. The predicted molar refractivity (Wildman–Crippen MR) is 84.4 cm³/mol. The first kappa shape index (κ1) is 15.7. The number of likely N-dealkylation sites (tertiary alicyclic amines) is 1. The summed E-state index contributed by atoms with van der Waals surface area (Å²) < 4.78 is 0. The highest BCUT2D eigenvalue weighted by atomic mass is 16.2. The van der Waals surface area contributed by atoms with Crippen LogP contribution in [-0.2, 0) is 9.59 Å². The van der Waals surface area contributed by atoms with Gasteiger partial charge in [0.1, 0.15) is 0 Å². The lowest BCUT2D eigenvalue weighted by Crippen LogP contribution is -2.53. The van der Waals surface area contributed by atoms with Crippen molar-refractivity contribution in [3.8, 4) is 0 Å². The van der Waals surface area contributed by atoms with Crippen molar-refractivity contribution in [3.05, 3.63) is 0 Å². The minimum Gasteiger partial charge on any atom is -0.352 e. The Morgan fingerprint density at radius 3 is 2.36 bits per heavy atom. The molecule has 6 nitrogen and oxygen atoms in total. The van der Waals surface area contributed by atoms with Crippen molar-refractivity contribution in [2.24, 2.45) is 5.92 Å². The summed E-state index contributed by atoms with van der Waals surface area (Å²) in [4.78, 5) is 30.1. The van der Waals surface area contributed by atoms with Crippen molar-refractivity contribution in [1.29, 1.82) is 0 Å². The zero-order valence-corrected chi connectivity index (χ0v) is 13.8. The maximum absolute atomic E-state index is 11.9. The Labute approximate surface area is 132 Å². The number of carbonyl (C=O) groups is 2. The zero-order valence-electron chi connectivity index (χ0n) is 13.8. The number of hydrogen-bond donors (Lipinski definition) is 1. The maximum Gasteiger partial charge on any atom is 0.234 e. The molecule has 0 aromatic rings. The summed E-state index contributed by atoms with van der Waals surface area (Å²) in [7, 11) is 0. The van der Waals surface area contributed by atoms with E-state index in [1.165, 1.54) is 0 Å². The molecule has 0 radical (unpaired) electrons. The lowest BCUT2D eigenvalue weighted by molar-refractivity contribution is -0.131. The number of nitrogens with one attached hydrogen (secondary N) is 1. The number of rotatable bonds is 4. The van der Waals surface area contributed by atoms with Crippen LogP contribution in [0.25, 0.3) is 0 Å². The molecular weight excluding hydrogens is 280 g/mol. The molecule has 3 aliphatic rings. The monoisotopic (exact) mass is 308 g/mol. The SMILES string of the molecule is CC(=O)N1CCN([C@H]2CN(CC(=O)NC3CC3)C[C@H]2C)CC1. The molecule has 1 N–H and O–H groups in total. The van der Waals surface area contributed by atoms with Gasteiger partial charge in [-0.3, -0.25) is 19.4 Å². The van der Waals surface area contributed by atoms with Crippen LogP contribution in [0, 0.1) is 5.92 Å². The quantitative estimate of drug-likeness (QED) is 0.778. The van der Waals surface area contributed by atoms with Gasteiger partial charge in [-0.2, -0.15) is 0 Å². The van der Waals surface area contributed by atoms with Crippen molar-refractivity contribution >= 4 is 11.8 Å². The highest BCUT2D eigenvalue weighted by Gasteiger charge is 2.36. The molecule has 2 saturated heterocycles. The summed E-state index contributed by atoms with van der Waals surface area (Å²) in [5.41, 5.74) is 0. The molecule has 1 saturated carbocycles. The largest absolute Gasteiger partial charge is 0.352 e. The third kappa shape index (κ3) is 3.79. The van der Waals surface area contributed by atoms with Gasteiger partial charge in [0.2, 0.25) is 11.8 Å². The van der Waals surface area contributed by atoms with Crippen LogP contribution in [-0.4, -0.2) is 84.4 Å². The van der Waals surface area contributed by atoms with Crippen LogP contribution in [0.5, 0.6) is 0 Å². The molecule has 0 bridgehead atoms. The second-order valence-electron chi connectivity index (χ2n) is 7.12. The molecule has 0 unspecified atom stereocenters. The van der Waals surface area contributed by atoms with Gasteiger partial charge in [-0.25, -0.2) is 0 Å². The average molecular weight is 308 g/mol. The predicted octanol–water partition coefficient (Wildman–Crippen LogP) is -0.251. The lowest BCUT2D eigenvalue weighted by Gasteiger charge is -2.39. The summed E-state index contributed by atoms with van der Waals surface area (Å²) >= 11 is 0. The normalized spacial score (nSPS) is 30.5. The Morgan fingerprint density at radius 2 is 1.77 bits per heavy atom. The van der Waals surface area contributed by atoms with E-state index in [-0.39, 0.29) is 11.8 Å². The molecule has 0 aromatic carbocycles. The van der Waals surface area contributed by atoms with E-state index in [0.29, 0.717) is 24.5 Å². The van der Waals surface area contributed by atoms with Gasteiger partial charge in [-0.05, 0) is 18.8 Å². The number of carbonyl (C=O) groups excluding carboxylic acids is 2. The van der Waals surface area contributed by atoms with E-state index in [0.717, 1.165) is 52.1 Å². The topological polar surface area (TPSA) is 55.9 Å². The van der Waals surface area contributed by atoms with Crippen LogP contribution in [0.3, 0.4) is 0 Å². The van der Waals surface area contributed by atoms with Crippen molar-refractivity contribution < 1.29 is 9.59 Å². The first-order chi connectivity index (χ1) is 10.5. The lowest BCUT2D eigenvalue weighted by atomic mass is 10.0. The van der Waals surface area contributed by atoms with E-state index in [1.807, 2.05) is 4.90 Å². The molecule has 0 spiro atoms. The summed E-state index contributed by atoms with van der Waals surface area (Å²) in [6.07, 6.45) is 2.29. The number of hydrogen-bond acceptors (Lipinski definition) is 4. The van der Waals surface area contributed by atoms with Crippen LogP contribution in [0.2, 0.25) is 0 Å². The molecule has 0 aromatic heterocycles. The number of amides is 2. The van der Waals surface area contributed by atoms with Crippen LogP contribution >= 0.6 is 0 Å². The Morgan fingerprint density at radius 1 is 1.09 bits per heavy atom. The first-order valence-electron chi connectivity index (χ1n) is 8.54. The van der Waals surface area contributed by atoms with Gasteiger partial charge in [0.05, 0.1) is 6.54 Å². The van der Waals surface area contributed by atoms with Gasteiger partial charge in [0, 0.05) is 58.3 Å². The van der Waals surface area contributed by atoms with E-state index >= 15 is 0 Å². The molecule has 1 aliphatic carbocycles. The molecule has 3 fully saturated rings. The molecule has 22 heavy (non-hydrogen) atoms. The van der Waals surface area contributed by atoms with Gasteiger partial charge in [0.25, 0.3) is 0 Å². The number of nitrogens with zero attached hydrogens (tertiary/aromatic N) is 3. The highest BCUT2D eigenvalue weighted by molar-refractivity contribution is 5.78. The minimum absolute atomic E-state index is 0.178. The van der Waals surface area contributed by atoms with Crippen LogP contribution < -0.4 is 5.32 Å². The van der Waals surface area contributed by atoms with E-state index in [2.05, 4.69) is 22.0 Å². The second kappa shape index (κ2) is 6.54. The zero-order chi connectivity index (χ0) is 15.7. The van der Waals surface area contributed by atoms with E-state index < -0.39 is 0 Å². The summed E-state index contributed by atoms with van der Waals surface area (Å²) in [5, 5.41) is 3.07. The smallest absolute Gasteiger partial charge is 0.234 e. The van der Waals surface area contributed by atoms with Gasteiger partial charge >= 0.3 is 0 Å². The molecule has 2 atom stereocenters.